The van der Waals surface area contributed by atoms with E-state index in [0.717, 1.165) is 19.3 Å². The molecule has 0 saturated heterocycles. The summed E-state index contributed by atoms with van der Waals surface area (Å²) in [6.45, 7) is 7.92. The topological polar surface area (TPSA) is 78.4 Å². The maximum atomic E-state index is 12.0. The third-order valence-electron chi connectivity index (χ3n) is 4.27. The van der Waals surface area contributed by atoms with Crippen LogP contribution in [0.1, 0.15) is 59.8 Å². The number of urea groups is 1. The highest BCUT2D eigenvalue weighted by Gasteiger charge is 2.38. The highest BCUT2D eigenvalue weighted by Crippen LogP contribution is 2.36. The van der Waals surface area contributed by atoms with Crippen molar-refractivity contribution in [3.05, 3.63) is 0 Å². The fraction of sp³-hybridized carbons (Fsp3) is 0.857. The van der Waals surface area contributed by atoms with Crippen molar-refractivity contribution >= 4 is 12.0 Å². The highest BCUT2D eigenvalue weighted by atomic mass is 16.4. The molecule has 0 aromatic rings. The van der Waals surface area contributed by atoms with Crippen molar-refractivity contribution in [2.24, 2.45) is 5.41 Å². The molecule has 1 atom stereocenters. The quantitative estimate of drug-likeness (QED) is 0.718. The molecular formula is C14H26N2O3. The first-order valence-corrected chi connectivity index (χ1v) is 7.07. The van der Waals surface area contributed by atoms with E-state index >= 15 is 0 Å². The molecule has 1 unspecified atom stereocenters. The standard InChI is InChI=1S/C14H26N2O3/c1-5-14(6-2,11(17)18)16-12(19)15-10-7-8-13(3,4)9-10/h10H,5-9H2,1-4H3,(H,17,18)(H2,15,16,19). The minimum Gasteiger partial charge on any atom is -0.480 e. The van der Waals surface area contributed by atoms with Gasteiger partial charge in [-0.05, 0) is 37.5 Å². The Labute approximate surface area is 115 Å². The summed E-state index contributed by atoms with van der Waals surface area (Å²) in [5.74, 6) is -0.973. The molecule has 1 saturated carbocycles. The van der Waals surface area contributed by atoms with Crippen LogP contribution in [0.5, 0.6) is 0 Å². The molecule has 0 aromatic heterocycles. The number of hydrogen-bond acceptors (Lipinski definition) is 2. The van der Waals surface area contributed by atoms with Gasteiger partial charge in [0.2, 0.25) is 0 Å². The normalized spacial score (nSPS) is 22.0. The molecule has 1 rings (SSSR count). The number of carbonyl (C=O) groups is 2. The summed E-state index contributed by atoms with van der Waals surface area (Å²) in [6.07, 6.45) is 3.74. The highest BCUT2D eigenvalue weighted by molar-refractivity contribution is 5.86. The van der Waals surface area contributed by atoms with Crippen LogP contribution >= 0.6 is 0 Å². The SMILES string of the molecule is CCC(CC)(NC(=O)NC1CCC(C)(C)C1)C(=O)O. The number of carbonyl (C=O) groups excluding carboxylic acids is 1. The van der Waals surface area contributed by atoms with Crippen LogP contribution in [0, 0.1) is 5.41 Å². The Kier molecular flexibility index (Phi) is 4.82. The first-order chi connectivity index (χ1) is 8.74. The summed E-state index contributed by atoms with van der Waals surface area (Å²) < 4.78 is 0. The van der Waals surface area contributed by atoms with Gasteiger partial charge in [-0.2, -0.15) is 0 Å². The number of rotatable bonds is 5. The molecule has 5 heteroatoms. The van der Waals surface area contributed by atoms with Crippen LogP contribution in [0.2, 0.25) is 0 Å². The van der Waals surface area contributed by atoms with Crippen molar-refractivity contribution < 1.29 is 14.7 Å². The molecule has 2 amide bonds. The zero-order valence-corrected chi connectivity index (χ0v) is 12.4. The second-order valence-corrected chi connectivity index (χ2v) is 6.30. The Morgan fingerprint density at radius 2 is 1.89 bits per heavy atom. The second-order valence-electron chi connectivity index (χ2n) is 6.30. The van der Waals surface area contributed by atoms with Gasteiger partial charge in [0.25, 0.3) is 0 Å². The van der Waals surface area contributed by atoms with Crippen LogP contribution in [0.15, 0.2) is 0 Å². The summed E-state index contributed by atoms with van der Waals surface area (Å²) in [7, 11) is 0. The van der Waals surface area contributed by atoms with Gasteiger partial charge in [0, 0.05) is 6.04 Å². The van der Waals surface area contributed by atoms with Gasteiger partial charge < -0.3 is 15.7 Å². The Bertz CT molecular complexity index is 349. The first kappa shape index (κ1) is 15.8. The molecule has 3 N–H and O–H groups in total. The lowest BCUT2D eigenvalue weighted by atomic mass is 9.92. The van der Waals surface area contributed by atoms with E-state index in [-0.39, 0.29) is 17.5 Å². The molecule has 19 heavy (non-hydrogen) atoms. The smallest absolute Gasteiger partial charge is 0.329 e. The molecule has 0 heterocycles. The van der Waals surface area contributed by atoms with Crippen molar-refractivity contribution in [2.45, 2.75) is 71.4 Å². The van der Waals surface area contributed by atoms with E-state index in [2.05, 4.69) is 24.5 Å². The van der Waals surface area contributed by atoms with Crippen molar-refractivity contribution in [1.82, 2.24) is 10.6 Å². The van der Waals surface area contributed by atoms with Crippen molar-refractivity contribution in [3.8, 4) is 0 Å². The van der Waals surface area contributed by atoms with Gasteiger partial charge in [-0.15, -0.1) is 0 Å². The van der Waals surface area contributed by atoms with E-state index in [4.69, 9.17) is 0 Å². The zero-order chi connectivity index (χ0) is 14.7. The van der Waals surface area contributed by atoms with Gasteiger partial charge in [0.05, 0.1) is 0 Å². The number of amides is 2. The summed E-state index contributed by atoms with van der Waals surface area (Å²) in [5.41, 5.74) is -0.893. The lowest BCUT2D eigenvalue weighted by Gasteiger charge is -2.29. The molecule has 110 valence electrons. The zero-order valence-electron chi connectivity index (χ0n) is 12.4. The van der Waals surface area contributed by atoms with E-state index < -0.39 is 11.5 Å². The lowest BCUT2D eigenvalue weighted by molar-refractivity contribution is -0.144. The molecule has 0 radical (unpaired) electrons. The van der Waals surface area contributed by atoms with Crippen LogP contribution in [0.3, 0.4) is 0 Å². The summed E-state index contributed by atoms with van der Waals surface area (Å²) >= 11 is 0. The minimum absolute atomic E-state index is 0.148. The van der Waals surface area contributed by atoms with Gasteiger partial charge in [-0.25, -0.2) is 9.59 Å². The molecule has 5 nitrogen and oxygen atoms in total. The van der Waals surface area contributed by atoms with E-state index in [1.165, 1.54) is 0 Å². The van der Waals surface area contributed by atoms with Crippen LogP contribution in [-0.4, -0.2) is 28.7 Å². The minimum atomic E-state index is -1.15. The number of carboxylic acids is 1. The average molecular weight is 270 g/mol. The third-order valence-corrected chi connectivity index (χ3v) is 4.27. The van der Waals surface area contributed by atoms with Gasteiger partial charge >= 0.3 is 12.0 Å². The maximum Gasteiger partial charge on any atom is 0.329 e. The average Bonchev–Trinajstić information content (AvgIpc) is 2.65. The fourth-order valence-electron chi connectivity index (χ4n) is 2.78. The summed E-state index contributed by atoms with van der Waals surface area (Å²) in [6, 6.07) is -0.219. The van der Waals surface area contributed by atoms with E-state index in [9.17, 15) is 14.7 Å². The molecule has 1 aliphatic rings. The van der Waals surface area contributed by atoms with Crippen LogP contribution in [-0.2, 0) is 4.79 Å². The van der Waals surface area contributed by atoms with Gasteiger partial charge in [0.15, 0.2) is 0 Å². The number of aliphatic carboxylic acids is 1. The Hall–Kier alpha value is -1.26. The summed E-state index contributed by atoms with van der Waals surface area (Å²) in [5, 5.41) is 14.8. The molecule has 0 bridgehead atoms. The van der Waals surface area contributed by atoms with E-state index in [0.29, 0.717) is 12.8 Å². The molecule has 0 aromatic carbocycles. The third kappa shape index (κ3) is 3.85. The van der Waals surface area contributed by atoms with E-state index in [1.807, 2.05) is 0 Å². The lowest BCUT2D eigenvalue weighted by Crippen LogP contribution is -2.57. The van der Waals surface area contributed by atoms with Crippen LogP contribution < -0.4 is 10.6 Å². The van der Waals surface area contributed by atoms with Crippen molar-refractivity contribution in [3.63, 3.8) is 0 Å². The monoisotopic (exact) mass is 270 g/mol. The molecule has 0 spiro atoms. The molecule has 1 fully saturated rings. The Balaban J connectivity index is 2.57. The predicted molar refractivity (Wildman–Crippen MR) is 74.0 cm³/mol. The Morgan fingerprint density at radius 3 is 2.26 bits per heavy atom. The van der Waals surface area contributed by atoms with Crippen LogP contribution in [0.4, 0.5) is 4.79 Å². The summed E-state index contributed by atoms with van der Waals surface area (Å²) in [4.78, 5) is 23.3. The van der Waals surface area contributed by atoms with Crippen molar-refractivity contribution in [2.75, 3.05) is 0 Å². The first-order valence-electron chi connectivity index (χ1n) is 7.07. The predicted octanol–water partition coefficient (Wildman–Crippen LogP) is 2.51. The maximum absolute atomic E-state index is 12.0. The van der Waals surface area contributed by atoms with Gasteiger partial charge in [-0.1, -0.05) is 27.7 Å². The molecule has 0 aliphatic heterocycles. The molecular weight excluding hydrogens is 244 g/mol. The fourth-order valence-corrected chi connectivity index (χ4v) is 2.78. The van der Waals surface area contributed by atoms with Crippen molar-refractivity contribution in [1.29, 1.82) is 0 Å². The second kappa shape index (κ2) is 5.80. The Morgan fingerprint density at radius 1 is 1.32 bits per heavy atom. The molecule has 1 aliphatic carbocycles. The number of carboxylic acid groups (broad SMARTS) is 1. The van der Waals surface area contributed by atoms with E-state index in [1.54, 1.807) is 13.8 Å². The van der Waals surface area contributed by atoms with Gasteiger partial charge in [0.1, 0.15) is 5.54 Å². The number of nitrogens with one attached hydrogen (secondary N) is 2. The van der Waals surface area contributed by atoms with Gasteiger partial charge in [-0.3, -0.25) is 0 Å². The van der Waals surface area contributed by atoms with Crippen LogP contribution in [0.25, 0.3) is 0 Å². The largest absolute Gasteiger partial charge is 0.480 e. The number of hydrogen-bond donors (Lipinski definition) is 3.